The van der Waals surface area contributed by atoms with Gasteiger partial charge in [0.25, 0.3) is 0 Å². The van der Waals surface area contributed by atoms with Crippen LogP contribution in [-0.2, 0) is 19.1 Å². The fraction of sp³-hybridized carbons (Fsp3) is 0.214. The molecule has 0 aliphatic carbocycles. The second kappa shape index (κ2) is 12.8. The maximum Gasteiger partial charge on any atom is 0.527 e. The second-order valence-corrected chi connectivity index (χ2v) is 12.5. The summed E-state index contributed by atoms with van der Waals surface area (Å²) in [5.41, 5.74) is 3.12. The van der Waals surface area contributed by atoms with Gasteiger partial charge in [0.2, 0.25) is 10.0 Å². The maximum atomic E-state index is 13.0. The molecule has 0 aliphatic rings. The molecule has 4 aromatic rings. The number of rotatable bonds is 12. The van der Waals surface area contributed by atoms with E-state index in [1.165, 1.54) is 18.2 Å². The molecular weight excluding hydrogens is 565 g/mol. The lowest BCUT2D eigenvalue weighted by Gasteiger charge is -2.17. The number of phosphoric acid groups is 1. The van der Waals surface area contributed by atoms with Gasteiger partial charge >= 0.3 is 7.82 Å². The van der Waals surface area contributed by atoms with Gasteiger partial charge in [-0.1, -0.05) is 24.3 Å². The van der Waals surface area contributed by atoms with Crippen LogP contribution in [0.25, 0.3) is 10.8 Å². The minimum atomic E-state index is -4.51. The van der Waals surface area contributed by atoms with E-state index in [1.54, 1.807) is 30.3 Å². The van der Waals surface area contributed by atoms with Crippen molar-refractivity contribution in [1.82, 2.24) is 4.72 Å². The number of fused-ring (bicyclic) bond motifs is 1. The van der Waals surface area contributed by atoms with Crippen LogP contribution in [0, 0.1) is 0 Å². The highest BCUT2D eigenvalue weighted by atomic mass is 32.2. The molecule has 0 heterocycles. The molecule has 11 nitrogen and oxygen atoms in total. The first-order chi connectivity index (χ1) is 19.4. The summed E-state index contributed by atoms with van der Waals surface area (Å²) in [4.78, 5) is 14.1. The van der Waals surface area contributed by atoms with Crippen LogP contribution in [0.1, 0.15) is 0 Å². The number of hydrogen-bond acceptors (Lipinski definition) is 9. The fourth-order valence-electron chi connectivity index (χ4n) is 3.97. The minimum Gasteiger partial charge on any atom is -0.404 e. The summed E-state index contributed by atoms with van der Waals surface area (Å²) >= 11 is 0. The van der Waals surface area contributed by atoms with Gasteiger partial charge < -0.3 is 14.3 Å². The molecule has 0 spiro atoms. The molecule has 0 aliphatic heterocycles. The highest BCUT2D eigenvalue weighted by molar-refractivity contribution is 7.89. The van der Waals surface area contributed by atoms with Crippen LogP contribution in [0.2, 0.25) is 0 Å². The summed E-state index contributed by atoms with van der Waals surface area (Å²) < 4.78 is 50.9. The predicted octanol–water partition coefficient (Wildman–Crippen LogP) is 5.86. The van der Waals surface area contributed by atoms with Crippen molar-refractivity contribution in [2.45, 2.75) is 4.90 Å². The van der Waals surface area contributed by atoms with Crippen molar-refractivity contribution >= 4 is 51.4 Å². The number of nitrogens with one attached hydrogen (secondary N) is 1. The normalized spacial score (nSPS) is 13.3. The van der Waals surface area contributed by atoms with Crippen molar-refractivity contribution in [1.29, 1.82) is 0 Å². The standard InChI is InChI=1S/C28H32N5O6PS/c1-32(2)23-15-11-21(12-16-23)30-31-22-13-17-24(18-14-22)39-40(34,35)38-20-19-29-41(36,37)28-10-6-7-25-26(28)8-5-9-27(25)33(3)4/h5-18,29H,19-20H2,1-4H3,(H,34,35). The first-order valence-corrected chi connectivity index (χ1v) is 15.6. The number of hydrogen-bond donors (Lipinski definition) is 2. The van der Waals surface area contributed by atoms with Gasteiger partial charge in [0, 0.05) is 56.9 Å². The number of azo groups is 1. The Morgan fingerprint density at radius 1 is 0.805 bits per heavy atom. The Hall–Kier alpha value is -3.80. The van der Waals surface area contributed by atoms with E-state index < -0.39 is 17.8 Å². The highest BCUT2D eigenvalue weighted by Gasteiger charge is 2.24. The van der Waals surface area contributed by atoms with Crippen LogP contribution in [0.4, 0.5) is 22.7 Å². The van der Waals surface area contributed by atoms with Gasteiger partial charge in [-0.3, -0.25) is 9.42 Å². The van der Waals surface area contributed by atoms with Crippen molar-refractivity contribution in [3.8, 4) is 5.75 Å². The van der Waals surface area contributed by atoms with Crippen LogP contribution in [0.3, 0.4) is 0 Å². The summed E-state index contributed by atoms with van der Waals surface area (Å²) in [5.74, 6) is 0.0816. The van der Waals surface area contributed by atoms with E-state index in [4.69, 9.17) is 9.05 Å². The zero-order valence-corrected chi connectivity index (χ0v) is 24.8. The van der Waals surface area contributed by atoms with Crippen LogP contribution >= 0.6 is 7.82 Å². The zero-order valence-electron chi connectivity index (χ0n) is 23.1. The third-order valence-electron chi connectivity index (χ3n) is 5.98. The van der Waals surface area contributed by atoms with Gasteiger partial charge in [0.05, 0.1) is 22.9 Å². The molecule has 13 heteroatoms. The highest BCUT2D eigenvalue weighted by Crippen LogP contribution is 2.44. The summed E-state index contributed by atoms with van der Waals surface area (Å²) in [6.07, 6.45) is 0. The van der Waals surface area contributed by atoms with Crippen LogP contribution in [-0.4, -0.2) is 54.7 Å². The molecule has 0 bridgehead atoms. The summed E-state index contributed by atoms with van der Waals surface area (Å²) in [6.45, 7) is -0.630. The molecular formula is C28H32N5O6PS. The van der Waals surface area contributed by atoms with E-state index >= 15 is 0 Å². The van der Waals surface area contributed by atoms with E-state index in [0.717, 1.165) is 16.8 Å². The predicted molar refractivity (Wildman–Crippen MR) is 161 cm³/mol. The Morgan fingerprint density at radius 2 is 1.39 bits per heavy atom. The Morgan fingerprint density at radius 3 is 2.00 bits per heavy atom. The molecule has 2 N–H and O–H groups in total. The van der Waals surface area contributed by atoms with Crippen molar-refractivity contribution in [2.24, 2.45) is 10.2 Å². The molecule has 0 amide bonds. The average Bonchev–Trinajstić information content (AvgIpc) is 2.94. The number of anilines is 2. The lowest BCUT2D eigenvalue weighted by molar-refractivity contribution is 0.206. The van der Waals surface area contributed by atoms with Crippen LogP contribution < -0.4 is 19.0 Å². The molecule has 0 aromatic heterocycles. The first-order valence-electron chi connectivity index (χ1n) is 12.6. The topological polar surface area (TPSA) is 133 Å². The molecule has 1 atom stereocenters. The van der Waals surface area contributed by atoms with E-state index in [1.807, 2.05) is 74.4 Å². The van der Waals surface area contributed by atoms with Gasteiger partial charge in [-0.2, -0.15) is 10.2 Å². The van der Waals surface area contributed by atoms with E-state index in [2.05, 4.69) is 15.0 Å². The van der Waals surface area contributed by atoms with Crippen molar-refractivity contribution in [2.75, 3.05) is 51.1 Å². The Kier molecular flexibility index (Phi) is 9.42. The van der Waals surface area contributed by atoms with Crippen LogP contribution in [0.15, 0.2) is 100 Å². The van der Waals surface area contributed by atoms with E-state index in [0.29, 0.717) is 16.8 Å². The lowest BCUT2D eigenvalue weighted by atomic mass is 10.1. The van der Waals surface area contributed by atoms with Gasteiger partial charge in [0.15, 0.2) is 0 Å². The zero-order chi connectivity index (χ0) is 29.6. The summed E-state index contributed by atoms with van der Waals surface area (Å²) in [7, 11) is -0.775. The van der Waals surface area contributed by atoms with Gasteiger partial charge in [0.1, 0.15) is 5.75 Å². The Labute approximate surface area is 239 Å². The largest absolute Gasteiger partial charge is 0.527 e. The molecule has 0 saturated carbocycles. The monoisotopic (exact) mass is 597 g/mol. The molecule has 1 unspecified atom stereocenters. The molecule has 0 saturated heterocycles. The molecule has 0 radical (unpaired) electrons. The van der Waals surface area contributed by atoms with Gasteiger partial charge in [-0.05, 0) is 60.7 Å². The molecule has 4 aromatic carbocycles. The second-order valence-electron chi connectivity index (χ2n) is 9.42. The van der Waals surface area contributed by atoms with Gasteiger partial charge in [-0.25, -0.2) is 17.7 Å². The lowest BCUT2D eigenvalue weighted by Crippen LogP contribution is -2.27. The quantitative estimate of drug-likeness (QED) is 0.118. The SMILES string of the molecule is CN(C)c1ccc(N=Nc2ccc(OP(=O)(O)OCCNS(=O)(=O)c3cccc4c(N(C)C)cccc34)cc2)cc1. The number of benzene rings is 4. The van der Waals surface area contributed by atoms with E-state index in [9.17, 15) is 17.9 Å². The molecule has 4 rings (SSSR count). The Bertz CT molecular complexity index is 1680. The third-order valence-corrected chi connectivity index (χ3v) is 8.45. The molecule has 41 heavy (non-hydrogen) atoms. The van der Waals surface area contributed by atoms with E-state index in [-0.39, 0.29) is 23.8 Å². The average molecular weight is 598 g/mol. The summed E-state index contributed by atoms with van der Waals surface area (Å²) in [6, 6.07) is 24.1. The molecule has 0 fully saturated rings. The van der Waals surface area contributed by atoms with Crippen molar-refractivity contribution in [3.05, 3.63) is 84.9 Å². The maximum absolute atomic E-state index is 13.0. The first kappa shape index (κ1) is 30.2. The number of sulfonamides is 1. The molecule has 216 valence electrons. The number of nitrogens with zero attached hydrogens (tertiary/aromatic N) is 4. The minimum absolute atomic E-state index is 0.0816. The summed E-state index contributed by atoms with van der Waals surface area (Å²) in [5, 5.41) is 9.69. The number of phosphoric ester groups is 1. The Balaban J connectivity index is 1.31. The smallest absolute Gasteiger partial charge is 0.404 e. The fourth-order valence-corrected chi connectivity index (χ4v) is 5.97. The van der Waals surface area contributed by atoms with Crippen molar-refractivity contribution < 1.29 is 26.9 Å². The van der Waals surface area contributed by atoms with Crippen LogP contribution in [0.5, 0.6) is 5.75 Å². The van der Waals surface area contributed by atoms with Crippen molar-refractivity contribution in [3.63, 3.8) is 0 Å². The third kappa shape index (κ3) is 7.90. The van der Waals surface area contributed by atoms with Gasteiger partial charge in [-0.15, -0.1) is 0 Å².